The number of hydrogen-bond donors (Lipinski definition) is 1. The van der Waals surface area contributed by atoms with E-state index in [1.165, 1.54) is 11.8 Å². The summed E-state index contributed by atoms with van der Waals surface area (Å²) in [6.07, 6.45) is 2.74. The molecule has 1 aliphatic carbocycles. The van der Waals surface area contributed by atoms with E-state index in [-0.39, 0.29) is 11.7 Å². The predicted octanol–water partition coefficient (Wildman–Crippen LogP) is 1.64. The Bertz CT molecular complexity index is 694. The molecule has 0 bridgehead atoms. The summed E-state index contributed by atoms with van der Waals surface area (Å²) in [4.78, 5) is 28.2. The summed E-state index contributed by atoms with van der Waals surface area (Å²) in [5, 5.41) is 0.562. The van der Waals surface area contributed by atoms with Crippen LogP contribution in [-0.4, -0.2) is 27.1 Å². The average Bonchev–Trinajstić information content (AvgIpc) is 3.05. The number of thioether (sulfide) groups is 1. The second kappa shape index (κ2) is 5.73. The number of amides is 1. The van der Waals surface area contributed by atoms with Crippen LogP contribution in [0.2, 0.25) is 0 Å². The molecule has 1 amide bonds. The molecule has 0 unspecified atom stereocenters. The lowest BCUT2D eigenvalue weighted by atomic mass is 10.2. The number of nitrogens with two attached hydrogens (primary N) is 1. The maximum absolute atomic E-state index is 12.7. The van der Waals surface area contributed by atoms with Crippen molar-refractivity contribution >= 4 is 23.6 Å². The molecule has 0 atom stereocenters. The standard InChI is InChI=1S/C15H15N3O2S/c16-13(19)9-21-15-17-11-7-4-8-12(11)18(15)14(20)10-5-2-1-3-6-10/h1-3,5-6H,4,7-9H2,(H2,16,19). The Labute approximate surface area is 126 Å². The number of benzene rings is 1. The van der Waals surface area contributed by atoms with Crippen molar-refractivity contribution in [2.45, 2.75) is 24.4 Å². The van der Waals surface area contributed by atoms with Crippen LogP contribution in [0.4, 0.5) is 0 Å². The third-order valence-electron chi connectivity index (χ3n) is 3.42. The molecule has 3 rings (SSSR count). The van der Waals surface area contributed by atoms with E-state index in [0.29, 0.717) is 10.7 Å². The highest BCUT2D eigenvalue weighted by atomic mass is 32.2. The molecule has 1 aromatic carbocycles. The number of nitrogens with zero attached hydrogens (tertiary/aromatic N) is 2. The normalized spacial score (nSPS) is 13.1. The molecule has 108 valence electrons. The number of aromatic nitrogens is 2. The summed E-state index contributed by atoms with van der Waals surface area (Å²) in [6.45, 7) is 0. The van der Waals surface area contributed by atoms with E-state index >= 15 is 0 Å². The Balaban J connectivity index is 1.99. The first-order valence-electron chi connectivity index (χ1n) is 6.78. The van der Waals surface area contributed by atoms with Gasteiger partial charge in [0.25, 0.3) is 5.91 Å². The van der Waals surface area contributed by atoms with Gasteiger partial charge in [-0.15, -0.1) is 0 Å². The first kappa shape index (κ1) is 13.9. The van der Waals surface area contributed by atoms with Crippen molar-refractivity contribution in [3.63, 3.8) is 0 Å². The fraction of sp³-hybridized carbons (Fsp3) is 0.267. The van der Waals surface area contributed by atoms with E-state index < -0.39 is 5.91 Å². The lowest BCUT2D eigenvalue weighted by molar-refractivity contribution is -0.115. The molecule has 1 heterocycles. The van der Waals surface area contributed by atoms with Gasteiger partial charge >= 0.3 is 0 Å². The van der Waals surface area contributed by atoms with Gasteiger partial charge in [0.2, 0.25) is 5.91 Å². The number of hydrogen-bond acceptors (Lipinski definition) is 4. The summed E-state index contributed by atoms with van der Waals surface area (Å²) in [7, 11) is 0. The smallest absolute Gasteiger partial charge is 0.264 e. The molecule has 21 heavy (non-hydrogen) atoms. The second-order valence-electron chi connectivity index (χ2n) is 4.90. The molecular weight excluding hydrogens is 286 g/mol. The molecule has 1 aromatic heterocycles. The van der Waals surface area contributed by atoms with Crippen LogP contribution in [-0.2, 0) is 17.6 Å². The summed E-state index contributed by atoms with van der Waals surface area (Å²) >= 11 is 1.22. The molecule has 2 N–H and O–H groups in total. The van der Waals surface area contributed by atoms with Crippen LogP contribution in [0, 0.1) is 0 Å². The number of carbonyl (C=O) groups excluding carboxylic acids is 2. The van der Waals surface area contributed by atoms with E-state index in [2.05, 4.69) is 4.98 Å². The lowest BCUT2D eigenvalue weighted by Gasteiger charge is -2.09. The van der Waals surface area contributed by atoms with Gasteiger partial charge in [-0.25, -0.2) is 4.98 Å². The second-order valence-corrected chi connectivity index (χ2v) is 5.85. The van der Waals surface area contributed by atoms with Crippen molar-refractivity contribution in [2.24, 2.45) is 5.73 Å². The van der Waals surface area contributed by atoms with Crippen LogP contribution >= 0.6 is 11.8 Å². The van der Waals surface area contributed by atoms with E-state index in [1.54, 1.807) is 16.7 Å². The maximum atomic E-state index is 12.7. The first-order valence-corrected chi connectivity index (χ1v) is 7.76. The molecule has 0 aliphatic heterocycles. The highest BCUT2D eigenvalue weighted by Crippen LogP contribution is 2.28. The summed E-state index contributed by atoms with van der Waals surface area (Å²) in [5.41, 5.74) is 7.74. The molecule has 2 aromatic rings. The summed E-state index contributed by atoms with van der Waals surface area (Å²) in [5.74, 6) is -0.391. The van der Waals surface area contributed by atoms with E-state index in [4.69, 9.17) is 5.73 Å². The molecule has 0 radical (unpaired) electrons. The zero-order valence-electron chi connectivity index (χ0n) is 11.4. The molecule has 0 fully saturated rings. The van der Waals surface area contributed by atoms with E-state index in [9.17, 15) is 9.59 Å². The van der Waals surface area contributed by atoms with E-state index in [1.807, 2.05) is 18.2 Å². The Morgan fingerprint density at radius 3 is 2.71 bits per heavy atom. The van der Waals surface area contributed by atoms with Crippen LogP contribution < -0.4 is 5.73 Å². The number of carbonyl (C=O) groups is 2. The molecule has 5 nitrogen and oxygen atoms in total. The largest absolute Gasteiger partial charge is 0.369 e. The highest BCUT2D eigenvalue weighted by Gasteiger charge is 2.26. The number of fused-ring (bicyclic) bond motifs is 1. The van der Waals surface area contributed by atoms with Crippen molar-refractivity contribution < 1.29 is 9.59 Å². The van der Waals surface area contributed by atoms with Crippen LogP contribution in [0.1, 0.15) is 28.2 Å². The monoisotopic (exact) mass is 301 g/mol. The topological polar surface area (TPSA) is 78.0 Å². The van der Waals surface area contributed by atoms with Crippen LogP contribution in [0.5, 0.6) is 0 Å². The van der Waals surface area contributed by atoms with Gasteiger partial charge in [-0.3, -0.25) is 14.2 Å². The first-order chi connectivity index (χ1) is 10.2. The van der Waals surface area contributed by atoms with Crippen LogP contribution in [0.25, 0.3) is 0 Å². The average molecular weight is 301 g/mol. The SMILES string of the molecule is NC(=O)CSc1nc2c(n1C(=O)c1ccccc1)CCC2. The minimum atomic E-state index is -0.415. The Morgan fingerprint density at radius 2 is 2.00 bits per heavy atom. The minimum Gasteiger partial charge on any atom is -0.369 e. The highest BCUT2D eigenvalue weighted by molar-refractivity contribution is 7.99. The maximum Gasteiger partial charge on any atom is 0.264 e. The Kier molecular flexibility index (Phi) is 3.79. The Hall–Kier alpha value is -2.08. The van der Waals surface area contributed by atoms with Gasteiger partial charge in [0.15, 0.2) is 5.16 Å². The molecular formula is C15H15N3O2S. The van der Waals surface area contributed by atoms with Crippen molar-refractivity contribution in [1.82, 2.24) is 9.55 Å². The van der Waals surface area contributed by atoms with Gasteiger partial charge in [0, 0.05) is 11.3 Å². The molecule has 6 heteroatoms. The van der Waals surface area contributed by atoms with Gasteiger partial charge in [0.05, 0.1) is 11.4 Å². The third kappa shape index (κ3) is 2.71. The van der Waals surface area contributed by atoms with Crippen molar-refractivity contribution in [2.75, 3.05) is 5.75 Å². The van der Waals surface area contributed by atoms with Gasteiger partial charge < -0.3 is 5.73 Å². The quantitative estimate of drug-likeness (QED) is 0.871. The lowest BCUT2D eigenvalue weighted by Crippen LogP contribution is -2.18. The van der Waals surface area contributed by atoms with Crippen molar-refractivity contribution in [3.8, 4) is 0 Å². The molecule has 0 saturated heterocycles. The van der Waals surface area contributed by atoms with Gasteiger partial charge in [-0.2, -0.15) is 0 Å². The molecule has 0 saturated carbocycles. The summed E-state index contributed by atoms with van der Waals surface area (Å²) in [6, 6.07) is 9.11. The fourth-order valence-corrected chi connectivity index (χ4v) is 3.27. The third-order valence-corrected chi connectivity index (χ3v) is 4.38. The number of rotatable bonds is 4. The predicted molar refractivity (Wildman–Crippen MR) is 80.3 cm³/mol. The van der Waals surface area contributed by atoms with Gasteiger partial charge in [0.1, 0.15) is 0 Å². The molecule has 0 spiro atoms. The molecule has 1 aliphatic rings. The van der Waals surface area contributed by atoms with Gasteiger partial charge in [-0.1, -0.05) is 30.0 Å². The Morgan fingerprint density at radius 1 is 1.24 bits per heavy atom. The number of imidazole rings is 1. The number of aryl methyl sites for hydroxylation is 1. The van der Waals surface area contributed by atoms with Gasteiger partial charge in [-0.05, 0) is 31.4 Å². The van der Waals surface area contributed by atoms with Crippen LogP contribution in [0.3, 0.4) is 0 Å². The minimum absolute atomic E-state index is 0.0989. The zero-order valence-corrected chi connectivity index (χ0v) is 12.2. The summed E-state index contributed by atoms with van der Waals surface area (Å²) < 4.78 is 1.64. The van der Waals surface area contributed by atoms with Crippen molar-refractivity contribution in [1.29, 1.82) is 0 Å². The van der Waals surface area contributed by atoms with E-state index in [0.717, 1.165) is 30.7 Å². The van der Waals surface area contributed by atoms with Crippen molar-refractivity contribution in [3.05, 3.63) is 47.3 Å². The number of primary amides is 1. The zero-order chi connectivity index (χ0) is 14.8. The van der Waals surface area contributed by atoms with Crippen LogP contribution in [0.15, 0.2) is 35.5 Å². The fourth-order valence-electron chi connectivity index (χ4n) is 2.51.